The van der Waals surface area contributed by atoms with Crippen molar-refractivity contribution >= 4 is 22.5 Å². The molecule has 6 spiro atoms. The fourth-order valence-electron chi connectivity index (χ4n) is 23.4. The first kappa shape index (κ1) is 50.4. The fraction of sp³-hybridized carbons (Fsp3) is 0.750. The third-order valence-electron chi connectivity index (χ3n) is 26.1. The van der Waals surface area contributed by atoms with Gasteiger partial charge in [-0.25, -0.2) is 4.79 Å². The van der Waals surface area contributed by atoms with E-state index in [-0.39, 0.29) is 68.4 Å². The molecule has 4 bridgehead atoms. The van der Waals surface area contributed by atoms with Crippen LogP contribution in [0, 0.1) is 74.9 Å². The number of carboxylic acids is 1. The predicted octanol–water partition coefficient (Wildman–Crippen LogP) is 10.1. The molecule has 3 saturated heterocycles. The van der Waals surface area contributed by atoms with Crippen LogP contribution in [0.5, 0.6) is 17.2 Å². The van der Waals surface area contributed by atoms with E-state index in [9.17, 15) is 45.3 Å². The molecule has 0 unspecified atom stereocenters. The number of hydrogen-bond acceptors (Lipinski definition) is 12. The number of aliphatic hydroxyl groups is 4. The number of aromatic hydroxyl groups is 2. The van der Waals surface area contributed by atoms with Crippen molar-refractivity contribution in [2.75, 3.05) is 19.8 Å². The summed E-state index contributed by atoms with van der Waals surface area (Å²) in [6.45, 7) is 4.04. The lowest BCUT2D eigenvalue weighted by molar-refractivity contribution is -0.339. The molecule has 13 nitrogen and oxygen atoms in total. The molecule has 0 amide bonds. The van der Waals surface area contributed by atoms with Crippen molar-refractivity contribution in [2.24, 2.45) is 68.0 Å². The number of hydrogen-bond donors (Lipinski definition) is 7. The number of carboxylic acid groups (broad SMARTS) is 1. The number of ether oxygens (including phenoxy) is 4. The predicted molar refractivity (Wildman–Crippen MR) is 283 cm³/mol. The van der Waals surface area contributed by atoms with E-state index in [0.29, 0.717) is 61.1 Å². The average molecular weight is 1060 g/mol. The minimum absolute atomic E-state index is 0.0595. The highest BCUT2D eigenvalue weighted by atomic mass is 16.7. The number of phenols is 2. The van der Waals surface area contributed by atoms with Gasteiger partial charge in [0.15, 0.2) is 5.78 Å². The molecule has 18 atom stereocenters. The summed E-state index contributed by atoms with van der Waals surface area (Å²) in [6, 6.07) is 2.36. The Labute approximate surface area is 452 Å². The molecule has 2 aromatic rings. The largest absolute Gasteiger partial charge is 0.507 e. The van der Waals surface area contributed by atoms with Crippen LogP contribution in [0.2, 0.25) is 0 Å². The third-order valence-corrected chi connectivity index (χ3v) is 26.1. The van der Waals surface area contributed by atoms with Crippen molar-refractivity contribution in [1.82, 2.24) is 0 Å². The van der Waals surface area contributed by atoms with E-state index in [4.69, 9.17) is 18.9 Å². The number of allylic oxidation sites excluding steroid dienone is 2. The SMILES string of the molecule is CC(=O)c1c(C)c(O)c2cc(C(=O)O)cc(O[C@@H]3O[C@@H]4[C@@H](O)C5(CCCC5)C[C@@H]5O[C@@]4(C[C@@H]4C6=C5CC=C6[C@]5(CCO)COC[C@@H]6C[C@@]7(CC[C@@]8(CC[C@@H]9CCC[C@H]%10CCC[C@]%10%11CC[C@@]98C%11)C7)C[C@@H]4[C@@H]65)[C@H](O)[C@H]3O)c2c1O. The highest BCUT2D eigenvalue weighted by Crippen LogP contribution is 2.81. The van der Waals surface area contributed by atoms with E-state index >= 15 is 0 Å². The van der Waals surface area contributed by atoms with Crippen molar-refractivity contribution in [1.29, 1.82) is 0 Å². The molecular formula is C64H82O13. The number of fused-ring (bicyclic) bond motifs is 5. The van der Waals surface area contributed by atoms with Gasteiger partial charge in [0.05, 0.1) is 35.3 Å². The van der Waals surface area contributed by atoms with Crippen LogP contribution < -0.4 is 4.74 Å². The standard InChI is InChI=1S/C64H82O13/c1-33-46(34(2)66)51(68)48-40(50(33)67)23-35(56(72)73)24-44(48)75-57-52(69)53(70)64-27-41-42-26-58(17-19-61(30-58)16-12-38-8-5-7-37-9-6-15-60(37)18-20-63(38,61)31-60)25-36-29-74-32-62(21-22-65,49(36)42)43-11-10-39(47(41)43)45(77-64)28-59(13-3-4-14-59)54(71)55(64)76-57/h11,23-24,36-38,41-42,45,49,52-55,57,65,67-71H,3-10,12-22,25-32H2,1-2H3,(H,72,73)/t36-,37-,38-,41-,42-,45-,49+,52+,53+,54+,55+,57+,58-,60+,61-,62-,63+,64-/m0/s1. The quantitative estimate of drug-likeness (QED) is 0.106. The molecule has 7 N–H and O–H groups in total. The molecule has 4 heterocycles. The summed E-state index contributed by atoms with van der Waals surface area (Å²) in [5, 5.41) is 83.9. The van der Waals surface area contributed by atoms with Crippen molar-refractivity contribution in [3.63, 3.8) is 0 Å². The lowest BCUT2D eigenvalue weighted by atomic mass is 9.42. The van der Waals surface area contributed by atoms with Crippen LogP contribution in [-0.2, 0) is 14.2 Å². The molecule has 9 aliphatic carbocycles. The third kappa shape index (κ3) is 6.54. The van der Waals surface area contributed by atoms with Gasteiger partial charge in [-0.3, -0.25) is 4.79 Å². The van der Waals surface area contributed by atoms with E-state index in [1.165, 1.54) is 127 Å². The molecule has 15 rings (SSSR count). The van der Waals surface area contributed by atoms with Crippen molar-refractivity contribution in [3.05, 3.63) is 51.6 Å². The second-order valence-electron chi connectivity index (χ2n) is 28.7. The first-order valence-electron chi connectivity index (χ1n) is 30.4. The van der Waals surface area contributed by atoms with Crippen molar-refractivity contribution in [3.8, 4) is 17.2 Å². The van der Waals surface area contributed by atoms with Gasteiger partial charge in [-0.15, -0.1) is 0 Å². The maximum absolute atomic E-state index is 13.3. The number of aliphatic hydroxyl groups excluding tert-OH is 4. The number of ketones is 1. The number of Topliss-reactive ketones (excluding diaryl/α,β-unsaturated/α-hetero) is 1. The Morgan fingerprint density at radius 2 is 1.61 bits per heavy atom. The zero-order chi connectivity index (χ0) is 53.0. The summed E-state index contributed by atoms with van der Waals surface area (Å²) < 4.78 is 28.2. The summed E-state index contributed by atoms with van der Waals surface area (Å²) in [7, 11) is 0. The molecular weight excluding hydrogens is 977 g/mol. The second kappa shape index (κ2) is 17.0. The summed E-state index contributed by atoms with van der Waals surface area (Å²) in [5.41, 5.74) is 2.24. The van der Waals surface area contributed by atoms with E-state index in [2.05, 4.69) is 6.08 Å². The maximum atomic E-state index is 13.3. The van der Waals surface area contributed by atoms with Crippen LogP contribution in [0.15, 0.2) is 34.9 Å². The topological polar surface area (TPSA) is 213 Å². The first-order chi connectivity index (χ1) is 37.0. The van der Waals surface area contributed by atoms with Crippen LogP contribution in [0.3, 0.4) is 0 Å². The second-order valence-corrected chi connectivity index (χ2v) is 28.7. The molecule has 77 heavy (non-hydrogen) atoms. The van der Waals surface area contributed by atoms with Gasteiger partial charge < -0.3 is 54.7 Å². The number of benzene rings is 2. The number of phenolic OH excluding ortho intramolecular Hbond substituents is 2. The number of carbonyl (C=O) groups is 2. The Balaban J connectivity index is 0.843. The molecule has 13 aliphatic rings. The monoisotopic (exact) mass is 1060 g/mol. The average Bonchev–Trinajstić information content (AvgIpc) is 3.91. The molecule has 11 fully saturated rings. The summed E-state index contributed by atoms with van der Waals surface area (Å²) in [5.74, 6) is -0.771. The highest BCUT2D eigenvalue weighted by molar-refractivity contribution is 6.11. The number of aromatic carboxylic acids is 1. The normalized spacial score (nSPS) is 46.7. The van der Waals surface area contributed by atoms with E-state index in [1.807, 2.05) is 0 Å². The van der Waals surface area contributed by atoms with E-state index in [0.717, 1.165) is 56.4 Å². The molecule has 4 aliphatic heterocycles. The Bertz CT molecular complexity index is 2920. The van der Waals surface area contributed by atoms with Gasteiger partial charge in [0.25, 0.3) is 0 Å². The molecule has 13 heteroatoms. The van der Waals surface area contributed by atoms with Gasteiger partial charge in [-0.05, 0) is 228 Å². The molecule has 8 saturated carbocycles. The summed E-state index contributed by atoms with van der Waals surface area (Å²) in [6.07, 6.45) is 21.4. The van der Waals surface area contributed by atoms with Gasteiger partial charge in [-0.1, -0.05) is 31.8 Å². The molecule has 416 valence electrons. The number of carbonyl (C=O) groups excluding carboxylic acids is 1. The Morgan fingerprint density at radius 3 is 2.40 bits per heavy atom. The Morgan fingerprint density at radius 1 is 0.818 bits per heavy atom. The Kier molecular flexibility index (Phi) is 11.1. The Hall–Kier alpha value is -3.56. The van der Waals surface area contributed by atoms with Gasteiger partial charge in [0, 0.05) is 35.0 Å². The zero-order valence-corrected chi connectivity index (χ0v) is 45.3. The maximum Gasteiger partial charge on any atom is 0.335 e. The van der Waals surface area contributed by atoms with Crippen molar-refractivity contribution < 1.29 is 64.3 Å². The molecule has 0 aromatic heterocycles. The van der Waals surface area contributed by atoms with Crippen LogP contribution >= 0.6 is 0 Å². The summed E-state index contributed by atoms with van der Waals surface area (Å²) >= 11 is 0. The highest BCUT2D eigenvalue weighted by Gasteiger charge is 2.74. The minimum atomic E-state index is -1.79. The van der Waals surface area contributed by atoms with Gasteiger partial charge in [0.2, 0.25) is 6.29 Å². The van der Waals surface area contributed by atoms with Crippen LogP contribution in [0.4, 0.5) is 0 Å². The summed E-state index contributed by atoms with van der Waals surface area (Å²) in [4.78, 5) is 25.6. The molecule has 2 aromatic carbocycles. The lowest BCUT2D eigenvalue weighted by Crippen LogP contribution is -2.72. The van der Waals surface area contributed by atoms with E-state index < -0.39 is 71.1 Å². The van der Waals surface area contributed by atoms with Crippen LogP contribution in [0.25, 0.3) is 10.8 Å². The van der Waals surface area contributed by atoms with Crippen LogP contribution in [0.1, 0.15) is 187 Å². The first-order valence-corrected chi connectivity index (χ1v) is 30.4. The van der Waals surface area contributed by atoms with Crippen LogP contribution in [-0.4, -0.2) is 110 Å². The van der Waals surface area contributed by atoms with E-state index in [1.54, 1.807) is 0 Å². The fourth-order valence-corrected chi connectivity index (χ4v) is 23.4. The zero-order valence-electron chi connectivity index (χ0n) is 45.3. The van der Waals surface area contributed by atoms with Gasteiger partial charge in [0.1, 0.15) is 41.2 Å². The van der Waals surface area contributed by atoms with Gasteiger partial charge >= 0.3 is 5.97 Å². The van der Waals surface area contributed by atoms with Gasteiger partial charge in [-0.2, -0.15) is 0 Å². The van der Waals surface area contributed by atoms with Crippen molar-refractivity contribution in [2.45, 2.75) is 210 Å². The molecule has 0 radical (unpaired) electrons. The lowest BCUT2D eigenvalue weighted by Gasteiger charge is -2.64. The minimum Gasteiger partial charge on any atom is -0.507 e. The smallest absolute Gasteiger partial charge is 0.335 e. The number of rotatable bonds is 6.